The second-order valence-electron chi connectivity index (χ2n) is 6.21. The van der Waals surface area contributed by atoms with Gasteiger partial charge in [-0.3, -0.25) is 0 Å². The van der Waals surface area contributed by atoms with Crippen molar-refractivity contribution in [2.24, 2.45) is 0 Å². The predicted octanol–water partition coefficient (Wildman–Crippen LogP) is 6.35. The Morgan fingerprint density at radius 1 is 1.13 bits per heavy atom. The summed E-state index contributed by atoms with van der Waals surface area (Å²) in [5.74, 6) is -0.161. The largest absolute Gasteiger partial charge is 0.360 e. The fourth-order valence-corrected chi connectivity index (χ4v) is 3.97. The molecule has 0 aliphatic carbocycles. The monoisotopic (exact) mass is 373 g/mol. The van der Waals surface area contributed by atoms with Crippen molar-refractivity contribution in [1.29, 1.82) is 0 Å². The van der Waals surface area contributed by atoms with Crippen molar-refractivity contribution in [3.05, 3.63) is 69.6 Å². The van der Waals surface area contributed by atoms with Crippen molar-refractivity contribution in [3.8, 4) is 0 Å². The van der Waals surface area contributed by atoms with Crippen molar-refractivity contribution in [2.45, 2.75) is 39.0 Å². The molecule has 0 saturated heterocycles. The first-order chi connectivity index (χ1) is 11.0. The number of benzene rings is 2. The van der Waals surface area contributed by atoms with Crippen LogP contribution in [0.15, 0.2) is 47.1 Å². The van der Waals surface area contributed by atoms with E-state index >= 15 is 0 Å². The summed E-state index contributed by atoms with van der Waals surface area (Å²) >= 11 is 3.61. The maximum absolute atomic E-state index is 13.7. The second kappa shape index (κ2) is 6.12. The summed E-state index contributed by atoms with van der Waals surface area (Å²) in [6.45, 7) is 6.53. The standard InChI is InChI=1S/C20H21BrFN/c1-4-13-11-14(22)9-10-16(13)20(3,5-2)17-12-23-19-15(17)7-6-8-18(19)21/h6-12,23H,4-5H2,1-3H3. The van der Waals surface area contributed by atoms with Crippen LogP contribution in [0.1, 0.15) is 43.9 Å². The topological polar surface area (TPSA) is 15.8 Å². The number of nitrogens with one attached hydrogen (secondary N) is 1. The van der Waals surface area contributed by atoms with Gasteiger partial charge in [-0.1, -0.05) is 39.0 Å². The zero-order valence-electron chi connectivity index (χ0n) is 13.7. The Balaban J connectivity index is 2.26. The average molecular weight is 374 g/mol. The van der Waals surface area contributed by atoms with Crippen LogP contribution >= 0.6 is 15.9 Å². The minimum Gasteiger partial charge on any atom is -0.360 e. The number of aromatic amines is 1. The van der Waals surface area contributed by atoms with Crippen LogP contribution < -0.4 is 0 Å². The van der Waals surface area contributed by atoms with Gasteiger partial charge in [0.15, 0.2) is 0 Å². The molecule has 1 heterocycles. The van der Waals surface area contributed by atoms with E-state index in [1.165, 1.54) is 16.5 Å². The van der Waals surface area contributed by atoms with Crippen molar-refractivity contribution >= 4 is 26.8 Å². The summed E-state index contributed by atoms with van der Waals surface area (Å²) in [7, 11) is 0. The Labute approximate surface area is 145 Å². The van der Waals surface area contributed by atoms with E-state index in [1.54, 1.807) is 12.1 Å². The van der Waals surface area contributed by atoms with E-state index in [2.05, 4.69) is 60.0 Å². The molecule has 0 amide bonds. The van der Waals surface area contributed by atoms with Crippen LogP contribution in [0.3, 0.4) is 0 Å². The van der Waals surface area contributed by atoms with E-state index in [4.69, 9.17) is 0 Å². The molecule has 1 nitrogen and oxygen atoms in total. The third-order valence-electron chi connectivity index (χ3n) is 5.01. The van der Waals surface area contributed by atoms with Crippen LogP contribution in [-0.2, 0) is 11.8 Å². The number of para-hydroxylation sites is 1. The van der Waals surface area contributed by atoms with Crippen molar-refractivity contribution in [3.63, 3.8) is 0 Å². The molecule has 0 radical (unpaired) electrons. The van der Waals surface area contributed by atoms with Gasteiger partial charge in [0.05, 0.1) is 5.52 Å². The molecule has 0 aliphatic heterocycles. The lowest BCUT2D eigenvalue weighted by Crippen LogP contribution is -2.24. The Morgan fingerprint density at radius 3 is 2.61 bits per heavy atom. The smallest absolute Gasteiger partial charge is 0.123 e. The molecule has 1 N–H and O–H groups in total. The second-order valence-corrected chi connectivity index (χ2v) is 7.06. The maximum atomic E-state index is 13.7. The molecule has 3 aromatic rings. The van der Waals surface area contributed by atoms with E-state index < -0.39 is 0 Å². The lowest BCUT2D eigenvalue weighted by atomic mass is 9.72. The molecule has 120 valence electrons. The zero-order chi connectivity index (χ0) is 16.6. The molecule has 3 rings (SSSR count). The normalized spacial score (nSPS) is 14.1. The number of aromatic nitrogens is 1. The van der Waals surface area contributed by atoms with E-state index in [0.717, 1.165) is 28.4 Å². The molecule has 2 aromatic carbocycles. The third kappa shape index (κ3) is 2.61. The molecular weight excluding hydrogens is 353 g/mol. The van der Waals surface area contributed by atoms with E-state index in [0.29, 0.717) is 0 Å². The van der Waals surface area contributed by atoms with Gasteiger partial charge in [-0.05, 0) is 63.7 Å². The summed E-state index contributed by atoms with van der Waals surface area (Å²) in [4.78, 5) is 3.39. The van der Waals surface area contributed by atoms with E-state index in [-0.39, 0.29) is 11.2 Å². The Hall–Kier alpha value is -1.61. The highest BCUT2D eigenvalue weighted by atomic mass is 79.9. The molecule has 23 heavy (non-hydrogen) atoms. The van der Waals surface area contributed by atoms with Gasteiger partial charge in [-0.15, -0.1) is 0 Å². The summed E-state index contributed by atoms with van der Waals surface area (Å²) in [6.07, 6.45) is 3.88. The highest BCUT2D eigenvalue weighted by Crippen LogP contribution is 2.41. The van der Waals surface area contributed by atoms with Crippen LogP contribution in [0.2, 0.25) is 0 Å². The highest BCUT2D eigenvalue weighted by Gasteiger charge is 2.31. The molecule has 0 spiro atoms. The number of H-pyrrole nitrogens is 1. The Bertz CT molecular complexity index is 852. The minimum atomic E-state index is -0.161. The SMILES string of the molecule is CCc1cc(F)ccc1C(C)(CC)c1c[nH]c2c(Br)cccc12. The molecule has 0 fully saturated rings. The Morgan fingerprint density at radius 2 is 1.91 bits per heavy atom. The van der Waals surface area contributed by atoms with Gasteiger partial charge in [0.25, 0.3) is 0 Å². The fraction of sp³-hybridized carbons (Fsp3) is 0.300. The number of hydrogen-bond donors (Lipinski definition) is 1. The lowest BCUT2D eigenvalue weighted by Gasteiger charge is -2.31. The minimum absolute atomic E-state index is 0.155. The van der Waals surface area contributed by atoms with E-state index in [9.17, 15) is 4.39 Å². The first kappa shape index (κ1) is 16.3. The Kier molecular flexibility index (Phi) is 4.33. The molecule has 0 aliphatic rings. The fourth-order valence-electron chi connectivity index (χ4n) is 3.49. The molecule has 0 saturated carbocycles. The average Bonchev–Trinajstić information content (AvgIpc) is 3.00. The third-order valence-corrected chi connectivity index (χ3v) is 5.67. The summed E-state index contributed by atoms with van der Waals surface area (Å²) in [6, 6.07) is 11.5. The lowest BCUT2D eigenvalue weighted by molar-refractivity contribution is 0.544. The van der Waals surface area contributed by atoms with Gasteiger partial charge < -0.3 is 4.98 Å². The van der Waals surface area contributed by atoms with Crippen molar-refractivity contribution < 1.29 is 4.39 Å². The van der Waals surface area contributed by atoms with Gasteiger partial charge in [0.2, 0.25) is 0 Å². The summed E-state index contributed by atoms with van der Waals surface area (Å²) < 4.78 is 14.7. The molecule has 1 unspecified atom stereocenters. The van der Waals surface area contributed by atoms with Gasteiger partial charge >= 0.3 is 0 Å². The number of halogens is 2. The highest BCUT2D eigenvalue weighted by molar-refractivity contribution is 9.10. The number of rotatable bonds is 4. The van der Waals surface area contributed by atoms with Gasteiger partial charge in [0.1, 0.15) is 5.82 Å². The van der Waals surface area contributed by atoms with Crippen LogP contribution in [0, 0.1) is 5.82 Å². The van der Waals surface area contributed by atoms with Crippen LogP contribution in [0.25, 0.3) is 10.9 Å². The van der Waals surface area contributed by atoms with Crippen LogP contribution in [0.4, 0.5) is 4.39 Å². The van der Waals surface area contributed by atoms with Gasteiger partial charge in [-0.2, -0.15) is 0 Å². The summed E-state index contributed by atoms with van der Waals surface area (Å²) in [5.41, 5.74) is 4.52. The zero-order valence-corrected chi connectivity index (χ0v) is 15.3. The molecule has 1 aromatic heterocycles. The molecular formula is C20H21BrFN. The number of aryl methyl sites for hydroxylation is 1. The number of hydrogen-bond acceptors (Lipinski definition) is 0. The first-order valence-corrected chi connectivity index (χ1v) is 8.85. The maximum Gasteiger partial charge on any atom is 0.123 e. The quantitative estimate of drug-likeness (QED) is 0.548. The van der Waals surface area contributed by atoms with E-state index in [1.807, 2.05) is 12.1 Å². The van der Waals surface area contributed by atoms with Crippen molar-refractivity contribution in [2.75, 3.05) is 0 Å². The van der Waals surface area contributed by atoms with Crippen LogP contribution in [0.5, 0.6) is 0 Å². The predicted molar refractivity (Wildman–Crippen MR) is 98.5 cm³/mol. The van der Waals surface area contributed by atoms with Gasteiger partial charge in [0, 0.05) is 21.5 Å². The molecule has 0 bridgehead atoms. The van der Waals surface area contributed by atoms with Crippen molar-refractivity contribution in [1.82, 2.24) is 4.98 Å². The van der Waals surface area contributed by atoms with Crippen LogP contribution in [-0.4, -0.2) is 4.98 Å². The number of fused-ring (bicyclic) bond motifs is 1. The molecule has 1 atom stereocenters. The summed E-state index contributed by atoms with van der Waals surface area (Å²) in [5, 5.41) is 1.22. The van der Waals surface area contributed by atoms with Gasteiger partial charge in [-0.25, -0.2) is 4.39 Å². The first-order valence-electron chi connectivity index (χ1n) is 8.06. The molecule has 3 heteroatoms.